The van der Waals surface area contributed by atoms with Crippen molar-refractivity contribution >= 4 is 23.2 Å². The number of piperazine rings is 1. The first-order chi connectivity index (χ1) is 9.29. The van der Waals surface area contributed by atoms with Crippen LogP contribution in [0.1, 0.15) is 40.1 Å². The van der Waals surface area contributed by atoms with E-state index in [0.29, 0.717) is 18.0 Å². The molecule has 0 unspecified atom stereocenters. The van der Waals surface area contributed by atoms with E-state index < -0.39 is 5.97 Å². The third-order valence-electron chi connectivity index (χ3n) is 3.54. The highest BCUT2D eigenvalue weighted by Crippen LogP contribution is 2.21. The van der Waals surface area contributed by atoms with Gasteiger partial charge in [-0.25, -0.2) is 4.79 Å². The molecule has 0 aliphatic carbocycles. The number of amides is 1. The number of hydrogen-bond acceptors (Lipinski definition) is 4. The van der Waals surface area contributed by atoms with Crippen LogP contribution in [0.2, 0.25) is 0 Å². The van der Waals surface area contributed by atoms with E-state index >= 15 is 0 Å². The van der Waals surface area contributed by atoms with Crippen LogP contribution in [0.3, 0.4) is 0 Å². The zero-order chi connectivity index (χ0) is 14.9. The summed E-state index contributed by atoms with van der Waals surface area (Å²) in [7, 11) is 0. The van der Waals surface area contributed by atoms with Crippen LogP contribution in [0.25, 0.3) is 0 Å². The third-order valence-corrected chi connectivity index (χ3v) is 4.60. The number of rotatable bonds is 2. The predicted molar refractivity (Wildman–Crippen MR) is 78.5 cm³/mol. The minimum absolute atomic E-state index is 0.0592. The van der Waals surface area contributed by atoms with Crippen LogP contribution in [0.4, 0.5) is 0 Å². The van der Waals surface area contributed by atoms with Crippen molar-refractivity contribution in [2.75, 3.05) is 26.2 Å². The Kier molecular flexibility index (Phi) is 4.15. The van der Waals surface area contributed by atoms with E-state index in [1.807, 2.05) is 0 Å². The molecule has 1 aliphatic heterocycles. The molecule has 1 amide bonds. The van der Waals surface area contributed by atoms with E-state index in [4.69, 9.17) is 5.11 Å². The molecule has 0 saturated carbocycles. The fourth-order valence-corrected chi connectivity index (χ4v) is 3.12. The highest BCUT2D eigenvalue weighted by molar-refractivity contribution is 7.15. The summed E-state index contributed by atoms with van der Waals surface area (Å²) in [5.41, 5.74) is 0.120. The molecule has 0 spiro atoms. The van der Waals surface area contributed by atoms with Gasteiger partial charge in [0.25, 0.3) is 5.91 Å². The van der Waals surface area contributed by atoms with Gasteiger partial charge in [-0.15, -0.1) is 11.3 Å². The molecule has 1 aromatic rings. The Morgan fingerprint density at radius 3 is 2.10 bits per heavy atom. The Morgan fingerprint density at radius 2 is 1.65 bits per heavy atom. The van der Waals surface area contributed by atoms with E-state index in [1.165, 1.54) is 6.07 Å². The first kappa shape index (κ1) is 15.0. The van der Waals surface area contributed by atoms with Crippen molar-refractivity contribution in [1.82, 2.24) is 9.80 Å². The molecule has 0 bridgehead atoms. The summed E-state index contributed by atoms with van der Waals surface area (Å²) >= 11 is 1.04. The van der Waals surface area contributed by atoms with E-state index in [-0.39, 0.29) is 16.3 Å². The van der Waals surface area contributed by atoms with Gasteiger partial charge in [0, 0.05) is 31.7 Å². The van der Waals surface area contributed by atoms with Crippen molar-refractivity contribution in [3.63, 3.8) is 0 Å². The Hall–Kier alpha value is -1.40. The van der Waals surface area contributed by atoms with Gasteiger partial charge in [0.05, 0.1) is 4.88 Å². The fourth-order valence-electron chi connectivity index (χ4n) is 2.30. The normalized spacial score (nSPS) is 17.2. The molecule has 1 aromatic heterocycles. The molecule has 20 heavy (non-hydrogen) atoms. The van der Waals surface area contributed by atoms with Crippen molar-refractivity contribution in [1.29, 1.82) is 0 Å². The van der Waals surface area contributed by atoms with Crippen molar-refractivity contribution < 1.29 is 14.7 Å². The highest BCUT2D eigenvalue weighted by atomic mass is 32.1. The number of carbonyl (C=O) groups is 2. The van der Waals surface area contributed by atoms with E-state index in [9.17, 15) is 9.59 Å². The predicted octanol–water partition coefficient (Wildman–Crippen LogP) is 2.00. The lowest BCUT2D eigenvalue weighted by Gasteiger charge is -2.42. The standard InChI is InChI=1S/C14H20N2O3S/c1-14(2,3)16-8-6-15(7-9-16)12(17)10-4-5-11(20-10)13(18)19/h4-5H,6-9H2,1-3H3,(H,18,19). The Bertz CT molecular complexity index is 511. The average molecular weight is 296 g/mol. The van der Waals surface area contributed by atoms with Crippen LogP contribution in [0.5, 0.6) is 0 Å². The number of aromatic carboxylic acids is 1. The summed E-state index contributed by atoms with van der Waals surface area (Å²) in [5, 5.41) is 8.89. The lowest BCUT2D eigenvalue weighted by Crippen LogP contribution is -2.54. The molecule has 0 aromatic carbocycles. The smallest absolute Gasteiger partial charge is 0.345 e. The van der Waals surface area contributed by atoms with Crippen LogP contribution in [0, 0.1) is 0 Å². The van der Waals surface area contributed by atoms with Gasteiger partial charge in [0.15, 0.2) is 0 Å². The summed E-state index contributed by atoms with van der Waals surface area (Å²) < 4.78 is 0. The molecule has 0 atom stereocenters. The first-order valence-corrected chi connectivity index (χ1v) is 7.48. The summed E-state index contributed by atoms with van der Waals surface area (Å²) in [6.07, 6.45) is 0. The maximum atomic E-state index is 12.3. The molecule has 5 nitrogen and oxygen atoms in total. The molecular formula is C14H20N2O3S. The minimum Gasteiger partial charge on any atom is -0.477 e. The van der Waals surface area contributed by atoms with Gasteiger partial charge in [0.1, 0.15) is 4.88 Å². The molecule has 0 radical (unpaired) electrons. The first-order valence-electron chi connectivity index (χ1n) is 6.66. The van der Waals surface area contributed by atoms with Crippen LogP contribution < -0.4 is 0 Å². The van der Waals surface area contributed by atoms with Crippen molar-refractivity contribution in [2.24, 2.45) is 0 Å². The quantitative estimate of drug-likeness (QED) is 0.907. The largest absolute Gasteiger partial charge is 0.477 e. The zero-order valence-electron chi connectivity index (χ0n) is 12.0. The summed E-state index contributed by atoms with van der Waals surface area (Å²) in [5.74, 6) is -1.04. The molecule has 2 heterocycles. The highest BCUT2D eigenvalue weighted by Gasteiger charge is 2.28. The molecule has 1 N–H and O–H groups in total. The summed E-state index contributed by atoms with van der Waals surface area (Å²) in [6.45, 7) is 9.60. The van der Waals surface area contributed by atoms with Crippen molar-refractivity contribution in [3.8, 4) is 0 Å². The Labute approximate surface area is 122 Å². The third kappa shape index (κ3) is 3.19. The van der Waals surface area contributed by atoms with Gasteiger partial charge in [0.2, 0.25) is 0 Å². The van der Waals surface area contributed by atoms with Crippen LogP contribution in [-0.4, -0.2) is 58.5 Å². The van der Waals surface area contributed by atoms with E-state index in [0.717, 1.165) is 24.4 Å². The molecule has 1 saturated heterocycles. The number of carboxylic acids is 1. The van der Waals surface area contributed by atoms with Crippen molar-refractivity contribution in [3.05, 3.63) is 21.9 Å². The molecule has 6 heteroatoms. The van der Waals surface area contributed by atoms with Gasteiger partial charge < -0.3 is 10.0 Å². The van der Waals surface area contributed by atoms with Crippen LogP contribution in [0.15, 0.2) is 12.1 Å². The number of carbonyl (C=O) groups excluding carboxylic acids is 1. The summed E-state index contributed by atoms with van der Waals surface area (Å²) in [4.78, 5) is 28.0. The van der Waals surface area contributed by atoms with E-state index in [2.05, 4.69) is 25.7 Å². The number of hydrogen-bond donors (Lipinski definition) is 1. The Morgan fingerprint density at radius 1 is 1.10 bits per heavy atom. The number of carboxylic acid groups (broad SMARTS) is 1. The van der Waals surface area contributed by atoms with Crippen molar-refractivity contribution in [2.45, 2.75) is 26.3 Å². The monoisotopic (exact) mass is 296 g/mol. The summed E-state index contributed by atoms with van der Waals surface area (Å²) in [6, 6.07) is 3.10. The minimum atomic E-state index is -0.980. The maximum absolute atomic E-state index is 12.3. The fraction of sp³-hybridized carbons (Fsp3) is 0.571. The second kappa shape index (κ2) is 5.54. The number of nitrogens with zero attached hydrogens (tertiary/aromatic N) is 2. The Balaban J connectivity index is 1.99. The van der Waals surface area contributed by atoms with Gasteiger partial charge in [-0.3, -0.25) is 9.69 Å². The molecule has 2 rings (SSSR count). The van der Waals surface area contributed by atoms with Gasteiger partial charge >= 0.3 is 5.97 Å². The SMILES string of the molecule is CC(C)(C)N1CCN(C(=O)c2ccc(C(=O)O)s2)CC1. The average Bonchev–Trinajstić information content (AvgIpc) is 2.86. The molecular weight excluding hydrogens is 276 g/mol. The zero-order valence-corrected chi connectivity index (χ0v) is 12.9. The topological polar surface area (TPSA) is 60.9 Å². The number of thiophene rings is 1. The lowest BCUT2D eigenvalue weighted by atomic mass is 10.0. The van der Waals surface area contributed by atoms with Crippen LogP contribution in [-0.2, 0) is 0 Å². The lowest BCUT2D eigenvalue weighted by molar-refractivity contribution is 0.0454. The second-order valence-corrected chi connectivity index (χ2v) is 7.00. The molecule has 1 fully saturated rings. The molecule has 1 aliphatic rings. The van der Waals surface area contributed by atoms with Crippen LogP contribution >= 0.6 is 11.3 Å². The van der Waals surface area contributed by atoms with E-state index in [1.54, 1.807) is 11.0 Å². The van der Waals surface area contributed by atoms with Gasteiger partial charge in [-0.05, 0) is 32.9 Å². The molecule has 110 valence electrons. The van der Waals surface area contributed by atoms with Gasteiger partial charge in [-0.2, -0.15) is 0 Å². The van der Waals surface area contributed by atoms with Gasteiger partial charge in [-0.1, -0.05) is 0 Å². The second-order valence-electron chi connectivity index (χ2n) is 5.92. The maximum Gasteiger partial charge on any atom is 0.345 e.